The van der Waals surface area contributed by atoms with E-state index in [-0.39, 0.29) is 5.91 Å². The lowest BCUT2D eigenvalue weighted by Crippen LogP contribution is -2.51. The largest absolute Gasteiger partial charge is 0.354 e. The second-order valence-electron chi connectivity index (χ2n) is 8.07. The number of hydrogen-bond acceptors (Lipinski definition) is 5. The van der Waals surface area contributed by atoms with Gasteiger partial charge < -0.3 is 10.2 Å². The SMILES string of the molecule is Cc1ccc(S(=O)(=O)N2CCN(CC(=O)NCCN(C)Cc3ccccc3)CC2)cc1. The highest BCUT2D eigenvalue weighted by molar-refractivity contribution is 7.89. The highest BCUT2D eigenvalue weighted by Gasteiger charge is 2.28. The molecule has 0 aliphatic carbocycles. The lowest BCUT2D eigenvalue weighted by Gasteiger charge is -2.33. The Kier molecular flexibility index (Phi) is 8.20. The first kappa shape index (κ1) is 23.4. The van der Waals surface area contributed by atoms with E-state index in [1.165, 1.54) is 9.87 Å². The second kappa shape index (κ2) is 10.9. The van der Waals surface area contributed by atoms with Crippen LogP contribution in [0.5, 0.6) is 0 Å². The summed E-state index contributed by atoms with van der Waals surface area (Å²) < 4.78 is 27.1. The van der Waals surface area contributed by atoms with E-state index >= 15 is 0 Å². The Morgan fingerprint density at radius 3 is 2.29 bits per heavy atom. The van der Waals surface area contributed by atoms with Crippen LogP contribution in [-0.4, -0.2) is 81.3 Å². The molecule has 1 aliphatic heterocycles. The van der Waals surface area contributed by atoms with Crippen LogP contribution < -0.4 is 5.32 Å². The molecule has 1 saturated heterocycles. The third-order valence-electron chi connectivity index (χ3n) is 5.47. The molecule has 0 radical (unpaired) electrons. The Morgan fingerprint density at radius 2 is 1.65 bits per heavy atom. The fourth-order valence-corrected chi connectivity index (χ4v) is 5.03. The number of nitrogens with zero attached hydrogens (tertiary/aromatic N) is 3. The topological polar surface area (TPSA) is 73.0 Å². The van der Waals surface area contributed by atoms with Gasteiger partial charge in [0.15, 0.2) is 0 Å². The normalized spacial score (nSPS) is 15.8. The molecule has 0 spiro atoms. The smallest absolute Gasteiger partial charge is 0.243 e. The van der Waals surface area contributed by atoms with E-state index in [0.717, 1.165) is 18.7 Å². The number of rotatable bonds is 9. The van der Waals surface area contributed by atoms with Crippen molar-refractivity contribution < 1.29 is 13.2 Å². The van der Waals surface area contributed by atoms with Crippen molar-refractivity contribution in [2.75, 3.05) is 52.9 Å². The first-order valence-corrected chi connectivity index (χ1v) is 12.1. The average Bonchev–Trinajstić information content (AvgIpc) is 2.75. The van der Waals surface area contributed by atoms with Crippen molar-refractivity contribution in [2.24, 2.45) is 0 Å². The van der Waals surface area contributed by atoms with Gasteiger partial charge in [-0.25, -0.2) is 8.42 Å². The quantitative estimate of drug-likeness (QED) is 0.635. The predicted octanol–water partition coefficient (Wildman–Crippen LogP) is 1.55. The molecule has 168 valence electrons. The maximum Gasteiger partial charge on any atom is 0.243 e. The predicted molar refractivity (Wildman–Crippen MR) is 122 cm³/mol. The summed E-state index contributed by atoms with van der Waals surface area (Å²) in [5.74, 6) is -0.0250. The number of benzene rings is 2. The van der Waals surface area contributed by atoms with Crippen LogP contribution in [0.3, 0.4) is 0 Å². The minimum atomic E-state index is -3.48. The Morgan fingerprint density at radius 1 is 1.00 bits per heavy atom. The van der Waals surface area contributed by atoms with Crippen LogP contribution in [0.15, 0.2) is 59.5 Å². The van der Waals surface area contributed by atoms with Crippen LogP contribution >= 0.6 is 0 Å². The van der Waals surface area contributed by atoms with Gasteiger partial charge in [0.05, 0.1) is 11.4 Å². The molecule has 1 N–H and O–H groups in total. The Bertz CT molecular complexity index is 941. The van der Waals surface area contributed by atoms with Gasteiger partial charge in [-0.3, -0.25) is 9.69 Å². The minimum Gasteiger partial charge on any atom is -0.354 e. The summed E-state index contributed by atoms with van der Waals surface area (Å²) in [5.41, 5.74) is 2.27. The van der Waals surface area contributed by atoms with Crippen molar-refractivity contribution in [1.29, 1.82) is 0 Å². The molecule has 1 amide bonds. The van der Waals surface area contributed by atoms with Crippen LogP contribution in [0, 0.1) is 6.92 Å². The molecule has 3 rings (SSSR count). The number of carbonyl (C=O) groups excluding carboxylic acids is 1. The molecule has 2 aromatic rings. The van der Waals surface area contributed by atoms with Crippen molar-refractivity contribution in [3.05, 3.63) is 65.7 Å². The number of sulfonamides is 1. The molecule has 0 saturated carbocycles. The third kappa shape index (κ3) is 6.87. The van der Waals surface area contributed by atoms with E-state index in [0.29, 0.717) is 44.2 Å². The van der Waals surface area contributed by atoms with Crippen molar-refractivity contribution in [1.82, 2.24) is 19.4 Å². The molecule has 0 unspecified atom stereocenters. The highest BCUT2D eigenvalue weighted by Crippen LogP contribution is 2.18. The molecular formula is C23H32N4O3S. The standard InChI is InChI=1S/C23H32N4O3S/c1-20-8-10-22(11-9-20)31(29,30)27-16-14-26(15-17-27)19-23(28)24-12-13-25(2)18-21-6-4-3-5-7-21/h3-11H,12-19H2,1-2H3,(H,24,28). The molecule has 2 aromatic carbocycles. The van der Waals surface area contributed by atoms with Gasteiger partial charge in [0, 0.05) is 45.8 Å². The lowest BCUT2D eigenvalue weighted by atomic mass is 10.2. The van der Waals surface area contributed by atoms with Crippen LogP contribution in [0.25, 0.3) is 0 Å². The highest BCUT2D eigenvalue weighted by atomic mass is 32.2. The number of amides is 1. The van der Waals surface area contributed by atoms with E-state index < -0.39 is 10.0 Å². The molecule has 7 nitrogen and oxygen atoms in total. The number of aryl methyl sites for hydroxylation is 1. The number of hydrogen-bond donors (Lipinski definition) is 1. The van der Waals surface area contributed by atoms with Gasteiger partial charge in [-0.2, -0.15) is 4.31 Å². The van der Waals surface area contributed by atoms with E-state index in [9.17, 15) is 13.2 Å². The zero-order valence-corrected chi connectivity index (χ0v) is 19.1. The summed E-state index contributed by atoms with van der Waals surface area (Å²) in [7, 11) is -1.45. The molecule has 0 aromatic heterocycles. The van der Waals surface area contributed by atoms with Crippen LogP contribution in [0.4, 0.5) is 0 Å². The van der Waals surface area contributed by atoms with Crippen molar-refractivity contribution in [3.8, 4) is 0 Å². The van der Waals surface area contributed by atoms with E-state index in [2.05, 4.69) is 22.3 Å². The molecule has 1 aliphatic rings. The van der Waals surface area contributed by atoms with E-state index in [4.69, 9.17) is 0 Å². The Labute approximate surface area is 185 Å². The van der Waals surface area contributed by atoms with E-state index in [1.807, 2.05) is 49.2 Å². The Hall–Kier alpha value is -2.26. The third-order valence-corrected chi connectivity index (χ3v) is 7.38. The maximum absolute atomic E-state index is 12.8. The Balaban J connectivity index is 1.37. The van der Waals surface area contributed by atoms with Crippen LogP contribution in [0.2, 0.25) is 0 Å². The fraction of sp³-hybridized carbons (Fsp3) is 0.435. The molecule has 0 atom stereocenters. The lowest BCUT2D eigenvalue weighted by molar-refractivity contribution is -0.122. The van der Waals surface area contributed by atoms with E-state index in [1.54, 1.807) is 12.1 Å². The van der Waals surface area contributed by atoms with Gasteiger partial charge in [-0.15, -0.1) is 0 Å². The van der Waals surface area contributed by atoms with Gasteiger partial charge in [-0.1, -0.05) is 48.0 Å². The van der Waals surface area contributed by atoms with Gasteiger partial charge >= 0.3 is 0 Å². The molecule has 1 fully saturated rings. The first-order valence-electron chi connectivity index (χ1n) is 10.6. The second-order valence-corrected chi connectivity index (χ2v) is 10.0. The summed E-state index contributed by atoms with van der Waals surface area (Å²) >= 11 is 0. The van der Waals surface area contributed by atoms with Gasteiger partial charge in [0.1, 0.15) is 0 Å². The molecule has 0 bridgehead atoms. The average molecular weight is 445 g/mol. The number of nitrogens with one attached hydrogen (secondary N) is 1. The van der Waals surface area contributed by atoms with Crippen molar-refractivity contribution in [3.63, 3.8) is 0 Å². The maximum atomic E-state index is 12.8. The number of likely N-dealkylation sites (N-methyl/N-ethyl adjacent to an activating group) is 1. The molecular weight excluding hydrogens is 412 g/mol. The van der Waals surface area contributed by atoms with Crippen molar-refractivity contribution >= 4 is 15.9 Å². The summed E-state index contributed by atoms with van der Waals surface area (Å²) in [5, 5.41) is 2.97. The molecule has 31 heavy (non-hydrogen) atoms. The molecule has 8 heteroatoms. The molecule has 1 heterocycles. The number of piperazine rings is 1. The van der Waals surface area contributed by atoms with Gasteiger partial charge in [0.2, 0.25) is 15.9 Å². The monoisotopic (exact) mass is 444 g/mol. The summed E-state index contributed by atoms with van der Waals surface area (Å²) in [6.45, 7) is 6.30. The summed E-state index contributed by atoms with van der Waals surface area (Å²) in [6, 6.07) is 17.2. The summed E-state index contributed by atoms with van der Waals surface area (Å²) in [4.78, 5) is 16.8. The zero-order valence-electron chi connectivity index (χ0n) is 18.3. The fourth-order valence-electron chi connectivity index (χ4n) is 3.61. The van der Waals surface area contributed by atoms with Crippen LogP contribution in [0.1, 0.15) is 11.1 Å². The first-order chi connectivity index (χ1) is 14.8. The minimum absolute atomic E-state index is 0.0250. The number of carbonyl (C=O) groups is 1. The van der Waals surface area contributed by atoms with Gasteiger partial charge in [0.25, 0.3) is 0 Å². The zero-order chi connectivity index (χ0) is 22.3. The summed E-state index contributed by atoms with van der Waals surface area (Å²) in [6.07, 6.45) is 0. The van der Waals surface area contributed by atoms with Crippen LogP contribution in [-0.2, 0) is 21.4 Å². The van der Waals surface area contributed by atoms with Crippen molar-refractivity contribution in [2.45, 2.75) is 18.4 Å². The van der Waals surface area contributed by atoms with Gasteiger partial charge in [-0.05, 0) is 31.7 Å².